The lowest BCUT2D eigenvalue weighted by Crippen LogP contribution is -2.79. The van der Waals surface area contributed by atoms with Crippen molar-refractivity contribution in [3.63, 3.8) is 0 Å². The Morgan fingerprint density at radius 3 is 1.47 bits per heavy atom. The Morgan fingerprint density at radius 1 is 0.446 bits per heavy atom. The molecule has 36 heteroatoms. The Labute approximate surface area is 427 Å². The third-order valence-electron chi connectivity index (χ3n) is 12.8. The van der Waals surface area contributed by atoms with Gasteiger partial charge < -0.3 is 136 Å². The SMILES string of the molecule is [NH3+]CCOP(=O)(O)OC[C@@H]1O[C@@H](O[C@@H]2[C@H](OC[C@@H]3O[C@@H](O[C@@H]4[C@H](O)[C@@H]([NH3+])[C@H](O[C@@H]5[C@@H](O)[C@H](O)[C@@H](O)[C@H](O)[C@@H]5OP(=O)(O)OCCCCCCS)O[C@H]4CO)[C@@H](O)[C@@H](O)[C@H]3O)O[C@@H](CO)[C@H](O)[C@@H]2O)[C@@H](O)[C@@H](O)[C@H]1O. The van der Waals surface area contributed by atoms with E-state index in [1.165, 1.54) is 0 Å². The fraction of sp³-hybridized carbons (Fsp3) is 1.00. The zero-order valence-electron chi connectivity index (χ0n) is 39.6. The summed E-state index contributed by atoms with van der Waals surface area (Å²) >= 11 is 4.12. The number of ether oxygens (including phenoxy) is 8. The van der Waals surface area contributed by atoms with Crippen LogP contribution in [0.3, 0.4) is 0 Å². The fourth-order valence-electron chi connectivity index (χ4n) is 8.52. The van der Waals surface area contributed by atoms with E-state index < -0.39 is 201 Å². The minimum Gasteiger partial charge on any atom is -0.394 e. The van der Waals surface area contributed by atoms with Gasteiger partial charge in [-0.25, -0.2) is 9.13 Å². The minimum atomic E-state index is -5.07. The third-order valence-corrected chi connectivity index (χ3v) is 15.2. The number of quaternary nitrogens is 2. The van der Waals surface area contributed by atoms with Crippen LogP contribution < -0.4 is 11.5 Å². The smallest absolute Gasteiger partial charge is 0.394 e. The maximum atomic E-state index is 13.0. The van der Waals surface area contributed by atoms with Crippen LogP contribution >= 0.6 is 28.3 Å². The van der Waals surface area contributed by atoms with Crippen molar-refractivity contribution < 1.29 is 163 Å². The van der Waals surface area contributed by atoms with Gasteiger partial charge in [-0.15, -0.1) is 0 Å². The first-order valence-corrected chi connectivity index (χ1v) is 27.2. The Kier molecular flexibility index (Phi) is 25.1. The fourth-order valence-corrected chi connectivity index (χ4v) is 10.5. The highest BCUT2D eigenvalue weighted by Gasteiger charge is 2.58. The van der Waals surface area contributed by atoms with Crippen molar-refractivity contribution in [2.45, 2.75) is 185 Å². The van der Waals surface area contributed by atoms with E-state index in [0.29, 0.717) is 18.6 Å². The predicted octanol–water partition coefficient (Wildman–Crippen LogP) is -11.3. The molecule has 1 aliphatic carbocycles. The van der Waals surface area contributed by atoms with E-state index >= 15 is 0 Å². The minimum absolute atomic E-state index is 0.0800. The molecule has 436 valence electrons. The second-order valence-electron chi connectivity index (χ2n) is 18.2. The number of unbranched alkanes of at least 4 members (excludes halogenated alkanes) is 3. The van der Waals surface area contributed by atoms with Crippen molar-refractivity contribution in [3.8, 4) is 0 Å². The van der Waals surface area contributed by atoms with Crippen LogP contribution in [-0.2, 0) is 65.1 Å². The van der Waals surface area contributed by atoms with Crippen molar-refractivity contribution in [3.05, 3.63) is 0 Å². The molecule has 4 aliphatic heterocycles. The lowest BCUT2D eigenvalue weighted by Gasteiger charge is -2.48. The van der Waals surface area contributed by atoms with Crippen LogP contribution in [0.4, 0.5) is 0 Å². The van der Waals surface area contributed by atoms with E-state index in [1.54, 1.807) is 0 Å². The Bertz CT molecular complexity index is 1780. The van der Waals surface area contributed by atoms with Gasteiger partial charge in [0.1, 0.15) is 135 Å². The molecular formula is C38H74N2O31P2S+2. The monoisotopic (exact) mass is 1150 g/mol. The van der Waals surface area contributed by atoms with Crippen LogP contribution in [0.5, 0.6) is 0 Å². The van der Waals surface area contributed by atoms with Gasteiger partial charge in [0.05, 0.1) is 39.6 Å². The quantitative estimate of drug-likeness (QED) is 0.0217. The molecule has 1 saturated carbocycles. The summed E-state index contributed by atoms with van der Waals surface area (Å²) in [7, 11) is -9.81. The summed E-state index contributed by atoms with van der Waals surface area (Å²) in [6, 6.07) is -1.55. The normalized spacial score (nSPS) is 45.9. The molecule has 5 fully saturated rings. The number of hydrogen-bond donors (Lipinski definition) is 20. The summed E-state index contributed by atoms with van der Waals surface area (Å²) in [4.78, 5) is 20.4. The predicted molar refractivity (Wildman–Crippen MR) is 237 cm³/mol. The number of aliphatic hydroxyl groups excluding tert-OH is 15. The topological polar surface area (TPSA) is 544 Å². The maximum Gasteiger partial charge on any atom is 0.472 e. The number of thiol groups is 1. The van der Waals surface area contributed by atoms with Crippen LogP contribution in [0.1, 0.15) is 25.7 Å². The Morgan fingerprint density at radius 2 is 0.905 bits per heavy atom. The van der Waals surface area contributed by atoms with Crippen LogP contribution in [0.25, 0.3) is 0 Å². The first-order chi connectivity index (χ1) is 34.8. The molecule has 0 radical (unpaired) electrons. The van der Waals surface area contributed by atoms with E-state index in [9.17, 15) is 95.5 Å². The molecule has 0 bridgehead atoms. The van der Waals surface area contributed by atoms with Gasteiger partial charge in [-0.3, -0.25) is 18.1 Å². The van der Waals surface area contributed by atoms with Crippen molar-refractivity contribution in [2.24, 2.45) is 0 Å². The summed E-state index contributed by atoms with van der Waals surface area (Å²) in [5.41, 5.74) is 7.23. The number of phosphoric acid groups is 2. The summed E-state index contributed by atoms with van der Waals surface area (Å²) in [5, 5.41) is 161. The van der Waals surface area contributed by atoms with Gasteiger partial charge >= 0.3 is 15.6 Å². The molecule has 0 aromatic carbocycles. The molecule has 0 aromatic heterocycles. The number of aliphatic hydroxyl groups is 15. The van der Waals surface area contributed by atoms with Crippen LogP contribution in [0.2, 0.25) is 0 Å². The molecule has 0 spiro atoms. The highest BCUT2D eigenvalue weighted by atomic mass is 32.1. The van der Waals surface area contributed by atoms with Gasteiger partial charge in [0, 0.05) is 0 Å². The molecule has 4 saturated heterocycles. The molecule has 4 heterocycles. The number of phosphoric ester groups is 2. The summed E-state index contributed by atoms with van der Waals surface area (Å²) in [5.74, 6) is 0.630. The summed E-state index contributed by atoms with van der Waals surface area (Å²) in [6.07, 6.45) is -47.0. The van der Waals surface area contributed by atoms with Crippen molar-refractivity contribution >= 4 is 28.3 Å². The summed E-state index contributed by atoms with van der Waals surface area (Å²) < 4.78 is 90.5. The first-order valence-electron chi connectivity index (χ1n) is 23.6. The van der Waals surface area contributed by atoms with E-state index in [1.807, 2.05) is 0 Å². The van der Waals surface area contributed by atoms with Crippen molar-refractivity contribution in [1.82, 2.24) is 0 Å². The molecule has 74 heavy (non-hydrogen) atoms. The highest BCUT2D eigenvalue weighted by Crippen LogP contribution is 2.48. The van der Waals surface area contributed by atoms with Crippen molar-refractivity contribution in [2.75, 3.05) is 51.9 Å². The largest absolute Gasteiger partial charge is 0.472 e. The number of hydrogen-bond acceptors (Lipinski definition) is 30. The van der Waals surface area contributed by atoms with Crippen LogP contribution in [0, 0.1) is 0 Å². The zero-order chi connectivity index (χ0) is 55.0. The second kappa shape index (κ2) is 28.8. The van der Waals surface area contributed by atoms with Gasteiger partial charge in [0.25, 0.3) is 0 Å². The van der Waals surface area contributed by atoms with Gasteiger partial charge in [-0.2, -0.15) is 12.6 Å². The lowest BCUT2D eigenvalue weighted by atomic mass is 9.84. The molecule has 0 aromatic rings. The molecule has 0 amide bonds. The van der Waals surface area contributed by atoms with Gasteiger partial charge in [-0.1, -0.05) is 12.8 Å². The maximum absolute atomic E-state index is 13.0. The van der Waals surface area contributed by atoms with Gasteiger partial charge in [-0.05, 0) is 18.6 Å². The van der Waals surface area contributed by atoms with Gasteiger partial charge in [0.15, 0.2) is 24.9 Å². The summed E-state index contributed by atoms with van der Waals surface area (Å²) in [6.45, 7) is -4.27. The average Bonchev–Trinajstić information content (AvgIpc) is 3.37. The van der Waals surface area contributed by atoms with E-state index in [0.717, 1.165) is 12.8 Å². The average molecular weight is 1150 g/mol. The molecule has 2 unspecified atom stereocenters. The first kappa shape index (κ1) is 64.4. The zero-order valence-corrected chi connectivity index (χ0v) is 42.3. The van der Waals surface area contributed by atoms with E-state index in [4.69, 9.17) is 51.5 Å². The molecular weight excluding hydrogens is 1070 g/mol. The third kappa shape index (κ3) is 15.9. The van der Waals surface area contributed by atoms with E-state index in [2.05, 4.69) is 28.6 Å². The standard InChI is InChI=1S/C38H72N2O31P2S/c39-5-7-62-72(56,57)63-12-16-20(45)23(48)30(55)37(67-16)70-34-26(51)18(43)13(9-41)64-38(34)60-11-15-19(44)22(47)29(54)36(66-15)68-31-14(10-42)65-35(17(40)21(31)46)69-32-27(52)24(49)25(50)28(53)33(32)71-73(58,59)61-6-3-1-2-4-8-74/h13-38,41-55,74H,1-12,39-40H2,(H,56,57)(H,58,59)/p+2/t13-,14-,15-,16-,17+,18-,19-,20-,21+,22-,23-,24+,25+,26-,27-,28-,29-,30-,31-,32+,33-,34-,35-,36-,37-,38+/m0/s1. The molecule has 28 atom stereocenters. The lowest BCUT2D eigenvalue weighted by molar-refractivity contribution is -0.510. The molecule has 5 aliphatic rings. The Hall–Kier alpha value is -0.430. The molecule has 5 rings (SSSR count). The van der Waals surface area contributed by atoms with Crippen LogP contribution in [-0.4, -0.2) is 298 Å². The van der Waals surface area contributed by atoms with Crippen molar-refractivity contribution in [1.29, 1.82) is 0 Å². The van der Waals surface area contributed by atoms with Crippen LogP contribution in [0.15, 0.2) is 0 Å². The second-order valence-corrected chi connectivity index (χ2v) is 21.5. The molecule has 23 N–H and O–H groups in total. The molecule has 33 nitrogen and oxygen atoms in total. The van der Waals surface area contributed by atoms with E-state index in [-0.39, 0.29) is 19.8 Å². The van der Waals surface area contributed by atoms with Gasteiger partial charge in [0.2, 0.25) is 6.29 Å². The Balaban J connectivity index is 1.27. The number of rotatable bonds is 26. The highest BCUT2D eigenvalue weighted by molar-refractivity contribution is 7.80.